The first-order valence-electron chi connectivity index (χ1n) is 6.44. The van der Waals surface area contributed by atoms with Crippen LogP contribution in [-0.4, -0.2) is 22.8 Å². The number of nitrogens with one attached hydrogen (secondary N) is 1. The third kappa shape index (κ3) is 2.77. The highest BCUT2D eigenvalue weighted by atomic mass is 16.2. The molecule has 0 radical (unpaired) electrons. The fraction of sp³-hybridized carbons (Fsp3) is 0.267. The van der Waals surface area contributed by atoms with Crippen LogP contribution in [0.3, 0.4) is 0 Å². The lowest BCUT2D eigenvalue weighted by Gasteiger charge is -2.19. The van der Waals surface area contributed by atoms with Crippen molar-refractivity contribution in [2.75, 3.05) is 0 Å². The van der Waals surface area contributed by atoms with Crippen LogP contribution in [0, 0.1) is 5.92 Å². The maximum absolute atomic E-state index is 12.3. The summed E-state index contributed by atoms with van der Waals surface area (Å²) in [5, 5.41) is 3.55. The van der Waals surface area contributed by atoms with E-state index < -0.39 is 11.9 Å². The Bertz CT molecular complexity index is 647. The SMILES string of the molecule is CC(C)[C@H](NC(=O)c1cccc2cccnc12)C(N)=O. The summed E-state index contributed by atoms with van der Waals surface area (Å²) < 4.78 is 0. The van der Waals surface area contributed by atoms with Crippen LogP contribution in [0.1, 0.15) is 24.2 Å². The Kier molecular flexibility index (Phi) is 3.98. The van der Waals surface area contributed by atoms with Gasteiger partial charge >= 0.3 is 0 Å². The number of nitrogens with zero attached hydrogens (tertiary/aromatic N) is 1. The van der Waals surface area contributed by atoms with Crippen molar-refractivity contribution >= 4 is 22.7 Å². The Morgan fingerprint density at radius 2 is 1.90 bits per heavy atom. The summed E-state index contributed by atoms with van der Waals surface area (Å²) in [6, 6.07) is 8.35. The number of amides is 2. The molecule has 1 heterocycles. The average molecular weight is 271 g/mol. The van der Waals surface area contributed by atoms with Crippen molar-refractivity contribution in [3.63, 3.8) is 0 Å². The van der Waals surface area contributed by atoms with Gasteiger partial charge in [0.05, 0.1) is 11.1 Å². The minimum absolute atomic E-state index is 0.0700. The number of carbonyl (C=O) groups is 2. The normalized spacial score (nSPS) is 12.3. The smallest absolute Gasteiger partial charge is 0.254 e. The predicted molar refractivity (Wildman–Crippen MR) is 77.0 cm³/mol. The molecule has 0 aliphatic carbocycles. The van der Waals surface area contributed by atoms with E-state index in [1.807, 2.05) is 32.0 Å². The highest BCUT2D eigenvalue weighted by Gasteiger charge is 2.23. The van der Waals surface area contributed by atoms with E-state index in [1.165, 1.54) is 0 Å². The number of benzene rings is 1. The number of carbonyl (C=O) groups excluding carboxylic acids is 2. The number of primary amides is 1. The van der Waals surface area contributed by atoms with Gasteiger partial charge in [-0.15, -0.1) is 0 Å². The van der Waals surface area contributed by atoms with Gasteiger partial charge in [0.1, 0.15) is 6.04 Å². The van der Waals surface area contributed by atoms with Crippen molar-refractivity contribution in [1.29, 1.82) is 0 Å². The van der Waals surface area contributed by atoms with E-state index in [-0.39, 0.29) is 11.8 Å². The van der Waals surface area contributed by atoms with Crippen molar-refractivity contribution in [3.05, 3.63) is 42.1 Å². The molecule has 0 saturated carbocycles. The van der Waals surface area contributed by atoms with Gasteiger partial charge in [0.25, 0.3) is 5.91 Å². The lowest BCUT2D eigenvalue weighted by atomic mass is 10.0. The number of aromatic nitrogens is 1. The maximum Gasteiger partial charge on any atom is 0.254 e. The van der Waals surface area contributed by atoms with Gasteiger partial charge in [0.2, 0.25) is 5.91 Å². The van der Waals surface area contributed by atoms with Crippen LogP contribution in [-0.2, 0) is 4.79 Å². The number of fused-ring (bicyclic) bond motifs is 1. The van der Waals surface area contributed by atoms with Crippen molar-refractivity contribution in [2.24, 2.45) is 11.7 Å². The van der Waals surface area contributed by atoms with Crippen LogP contribution in [0.25, 0.3) is 10.9 Å². The Morgan fingerprint density at radius 3 is 2.55 bits per heavy atom. The van der Waals surface area contributed by atoms with E-state index in [2.05, 4.69) is 10.3 Å². The first kappa shape index (κ1) is 14.0. The molecule has 3 N–H and O–H groups in total. The standard InChI is InChI=1S/C15H17N3O2/c1-9(2)12(14(16)19)18-15(20)11-7-3-5-10-6-4-8-17-13(10)11/h3-9,12H,1-2H3,(H2,16,19)(H,18,20)/t12-/m0/s1. The first-order valence-corrected chi connectivity index (χ1v) is 6.44. The first-order chi connectivity index (χ1) is 9.50. The Hall–Kier alpha value is -2.43. The number of para-hydroxylation sites is 1. The van der Waals surface area contributed by atoms with E-state index in [4.69, 9.17) is 5.73 Å². The summed E-state index contributed by atoms with van der Waals surface area (Å²) in [5.41, 5.74) is 6.36. The zero-order valence-electron chi connectivity index (χ0n) is 11.5. The van der Waals surface area contributed by atoms with Gasteiger partial charge < -0.3 is 11.1 Å². The van der Waals surface area contributed by atoms with Crippen LogP contribution >= 0.6 is 0 Å². The van der Waals surface area contributed by atoms with Gasteiger partial charge in [0, 0.05) is 11.6 Å². The number of nitrogens with two attached hydrogens (primary N) is 1. The topological polar surface area (TPSA) is 85.1 Å². The summed E-state index contributed by atoms with van der Waals surface area (Å²) >= 11 is 0. The molecule has 0 spiro atoms. The van der Waals surface area contributed by atoms with E-state index >= 15 is 0 Å². The minimum atomic E-state index is -0.693. The highest BCUT2D eigenvalue weighted by molar-refractivity contribution is 6.06. The van der Waals surface area contributed by atoms with E-state index in [0.29, 0.717) is 11.1 Å². The quantitative estimate of drug-likeness (QED) is 0.883. The maximum atomic E-state index is 12.3. The molecule has 0 aliphatic rings. The summed E-state index contributed by atoms with van der Waals surface area (Å²) in [6.07, 6.45) is 1.63. The largest absolute Gasteiger partial charge is 0.368 e. The van der Waals surface area contributed by atoms with Crippen molar-refractivity contribution < 1.29 is 9.59 Å². The fourth-order valence-electron chi connectivity index (χ4n) is 2.07. The molecule has 0 bridgehead atoms. The van der Waals surface area contributed by atoms with E-state index in [0.717, 1.165) is 5.39 Å². The van der Waals surface area contributed by atoms with Crippen molar-refractivity contribution in [1.82, 2.24) is 10.3 Å². The third-order valence-electron chi connectivity index (χ3n) is 3.14. The van der Waals surface area contributed by atoms with E-state index in [1.54, 1.807) is 18.3 Å². The fourth-order valence-corrected chi connectivity index (χ4v) is 2.07. The zero-order valence-corrected chi connectivity index (χ0v) is 11.5. The molecule has 2 rings (SSSR count). The van der Waals surface area contributed by atoms with Gasteiger partial charge in [-0.25, -0.2) is 0 Å². The Labute approximate surface area is 117 Å². The van der Waals surface area contributed by atoms with Crippen LogP contribution in [0.5, 0.6) is 0 Å². The van der Waals surface area contributed by atoms with Gasteiger partial charge in [0.15, 0.2) is 0 Å². The Balaban J connectivity index is 2.34. The lowest BCUT2D eigenvalue weighted by Crippen LogP contribution is -2.47. The molecule has 1 aromatic heterocycles. The molecular weight excluding hydrogens is 254 g/mol. The summed E-state index contributed by atoms with van der Waals surface area (Å²) in [5.74, 6) is -0.951. The number of pyridine rings is 1. The van der Waals surface area contributed by atoms with Crippen LogP contribution < -0.4 is 11.1 Å². The minimum Gasteiger partial charge on any atom is -0.368 e. The number of rotatable bonds is 4. The van der Waals surface area contributed by atoms with Crippen LogP contribution in [0.15, 0.2) is 36.5 Å². The van der Waals surface area contributed by atoms with Crippen LogP contribution in [0.2, 0.25) is 0 Å². The molecule has 2 aromatic rings. The molecule has 5 heteroatoms. The average Bonchev–Trinajstić information content (AvgIpc) is 2.43. The number of hydrogen-bond donors (Lipinski definition) is 2. The summed E-state index contributed by atoms with van der Waals surface area (Å²) in [6.45, 7) is 3.66. The second kappa shape index (κ2) is 5.69. The lowest BCUT2D eigenvalue weighted by molar-refractivity contribution is -0.120. The van der Waals surface area contributed by atoms with Crippen LogP contribution in [0.4, 0.5) is 0 Å². The molecule has 20 heavy (non-hydrogen) atoms. The molecule has 1 atom stereocenters. The zero-order chi connectivity index (χ0) is 14.7. The molecule has 104 valence electrons. The molecule has 0 saturated heterocycles. The predicted octanol–water partition coefficient (Wildman–Crippen LogP) is 1.47. The number of hydrogen-bond acceptors (Lipinski definition) is 3. The van der Waals surface area contributed by atoms with Crippen molar-refractivity contribution in [3.8, 4) is 0 Å². The molecule has 0 unspecified atom stereocenters. The second-order valence-corrected chi connectivity index (χ2v) is 4.98. The van der Waals surface area contributed by atoms with E-state index in [9.17, 15) is 9.59 Å². The Morgan fingerprint density at radius 1 is 1.20 bits per heavy atom. The van der Waals surface area contributed by atoms with Gasteiger partial charge in [-0.2, -0.15) is 0 Å². The highest BCUT2D eigenvalue weighted by Crippen LogP contribution is 2.16. The third-order valence-corrected chi connectivity index (χ3v) is 3.14. The molecular formula is C15H17N3O2. The molecule has 2 amide bonds. The molecule has 5 nitrogen and oxygen atoms in total. The molecule has 0 fully saturated rings. The van der Waals surface area contributed by atoms with Gasteiger partial charge in [-0.1, -0.05) is 32.0 Å². The van der Waals surface area contributed by atoms with Gasteiger partial charge in [-0.05, 0) is 18.1 Å². The summed E-state index contributed by atoms with van der Waals surface area (Å²) in [4.78, 5) is 27.9. The second-order valence-electron chi connectivity index (χ2n) is 4.98. The molecule has 1 aromatic carbocycles. The monoisotopic (exact) mass is 271 g/mol. The summed E-state index contributed by atoms with van der Waals surface area (Å²) in [7, 11) is 0. The molecule has 0 aliphatic heterocycles. The van der Waals surface area contributed by atoms with Crippen molar-refractivity contribution in [2.45, 2.75) is 19.9 Å². The van der Waals surface area contributed by atoms with Gasteiger partial charge in [-0.3, -0.25) is 14.6 Å².